The van der Waals surface area contributed by atoms with Crippen LogP contribution in [-0.4, -0.2) is 32.9 Å². The Bertz CT molecular complexity index is 365. The fraction of sp³-hybridized carbons (Fsp3) is 0.500. The second-order valence-electron chi connectivity index (χ2n) is 3.92. The molecule has 1 aromatic rings. The van der Waals surface area contributed by atoms with Crippen LogP contribution in [0.2, 0.25) is 4.44 Å². The van der Waals surface area contributed by atoms with Crippen LogP contribution in [0.3, 0.4) is 0 Å². The molecule has 6 heteroatoms. The third-order valence-corrected chi connectivity index (χ3v) is 6.01. The van der Waals surface area contributed by atoms with Crippen molar-refractivity contribution in [1.82, 2.24) is 0 Å². The van der Waals surface area contributed by atoms with Crippen LogP contribution < -0.4 is 0 Å². The molecule has 0 heterocycles. The molecule has 0 aliphatic carbocycles. The summed E-state index contributed by atoms with van der Waals surface area (Å²) in [5.41, 5.74) is 1.07. The summed E-state index contributed by atoms with van der Waals surface area (Å²) in [6.45, 7) is 0.328. The summed E-state index contributed by atoms with van der Waals surface area (Å²) >= 11 is -3.23. The second kappa shape index (κ2) is 7.88. The Balaban J connectivity index is 2.11. The van der Waals surface area contributed by atoms with E-state index in [2.05, 4.69) is 0 Å². The van der Waals surface area contributed by atoms with Gasteiger partial charge in [0.2, 0.25) is 0 Å². The predicted octanol–water partition coefficient (Wildman–Crippen LogP) is 3.51. The third-order valence-electron chi connectivity index (χ3n) is 2.34. The molecule has 0 aliphatic heterocycles. The first-order chi connectivity index (χ1) is 8.47. The molecule has 1 rings (SSSR count). The van der Waals surface area contributed by atoms with E-state index in [1.54, 1.807) is 0 Å². The van der Waals surface area contributed by atoms with E-state index in [-0.39, 0.29) is 10.9 Å². The number of hydrogen-bond donors (Lipinski definition) is 0. The van der Waals surface area contributed by atoms with Gasteiger partial charge in [-0.15, -0.1) is 0 Å². The molecule has 100 valence electrons. The van der Waals surface area contributed by atoms with Gasteiger partial charge in [-0.05, 0) is 0 Å². The molecule has 0 fully saturated rings. The summed E-state index contributed by atoms with van der Waals surface area (Å²) in [4.78, 5) is 0. The molecular weight excluding hydrogens is 352 g/mol. The van der Waals surface area contributed by atoms with Gasteiger partial charge >= 0.3 is 112 Å². The molecule has 1 aromatic carbocycles. The van der Waals surface area contributed by atoms with E-state index in [9.17, 15) is 16.2 Å². The van der Waals surface area contributed by atoms with Crippen molar-refractivity contribution in [3.63, 3.8) is 0 Å². The molecular formula is C12H15F3O2Sn. The summed E-state index contributed by atoms with van der Waals surface area (Å²) in [5, 5.41) is 0. The Morgan fingerprint density at radius 3 is 2.44 bits per heavy atom. The first kappa shape index (κ1) is 15.6. The number of rotatable bonds is 7. The standard InChI is InChI=1S/C8H9O.C4H6F3.O.Sn/c9-7-6-8-4-2-1-3-5-8;1-2-3-4(5,6)7;;/h1-5H,6-7H2;1-3H2;;/q-1;;;+1. The van der Waals surface area contributed by atoms with E-state index in [1.165, 1.54) is 0 Å². The van der Waals surface area contributed by atoms with E-state index in [4.69, 9.17) is 3.07 Å². The van der Waals surface area contributed by atoms with E-state index in [0.717, 1.165) is 5.56 Å². The van der Waals surface area contributed by atoms with Crippen LogP contribution in [0.15, 0.2) is 30.3 Å². The van der Waals surface area contributed by atoms with Gasteiger partial charge in [-0.3, -0.25) is 0 Å². The first-order valence-electron chi connectivity index (χ1n) is 5.74. The maximum absolute atomic E-state index is 11.9. The van der Waals surface area contributed by atoms with Crippen LogP contribution in [-0.2, 0) is 12.6 Å². The SMILES string of the molecule is [O]=[Sn]([CH2]CCC(F)(F)F)[O]CCc1ccccc1. The van der Waals surface area contributed by atoms with Crippen LogP contribution in [0.5, 0.6) is 0 Å². The van der Waals surface area contributed by atoms with Crippen molar-refractivity contribution < 1.29 is 19.3 Å². The van der Waals surface area contributed by atoms with E-state index >= 15 is 0 Å². The summed E-state index contributed by atoms with van der Waals surface area (Å²) < 4.78 is 52.2. The third kappa shape index (κ3) is 7.81. The molecule has 0 saturated heterocycles. The average molecular weight is 367 g/mol. The van der Waals surface area contributed by atoms with Crippen molar-refractivity contribution in [3.8, 4) is 0 Å². The molecule has 2 nitrogen and oxygen atoms in total. The summed E-state index contributed by atoms with van der Waals surface area (Å²) in [6.07, 6.45) is -4.48. The molecule has 0 radical (unpaired) electrons. The van der Waals surface area contributed by atoms with Crippen LogP contribution in [0.1, 0.15) is 18.4 Å². The topological polar surface area (TPSA) is 26.3 Å². The van der Waals surface area contributed by atoms with Crippen molar-refractivity contribution in [1.29, 1.82) is 0 Å². The Morgan fingerprint density at radius 1 is 1.17 bits per heavy atom. The quantitative estimate of drug-likeness (QED) is 0.690. The molecule has 0 atom stereocenters. The second-order valence-corrected chi connectivity index (χ2v) is 8.30. The molecule has 0 N–H and O–H groups in total. The fourth-order valence-corrected chi connectivity index (χ4v) is 4.11. The summed E-state index contributed by atoms with van der Waals surface area (Å²) in [7, 11) is 0. The van der Waals surface area contributed by atoms with Gasteiger partial charge in [0.25, 0.3) is 0 Å². The van der Waals surface area contributed by atoms with E-state index in [1.807, 2.05) is 30.3 Å². The van der Waals surface area contributed by atoms with Crippen LogP contribution in [0, 0.1) is 0 Å². The van der Waals surface area contributed by atoms with Crippen LogP contribution in [0.4, 0.5) is 13.2 Å². The molecule has 18 heavy (non-hydrogen) atoms. The van der Waals surface area contributed by atoms with Crippen molar-refractivity contribution in [2.45, 2.75) is 29.9 Å². The van der Waals surface area contributed by atoms with Crippen molar-refractivity contribution in [2.24, 2.45) is 0 Å². The first-order valence-corrected chi connectivity index (χ1v) is 10.1. The fourth-order valence-electron chi connectivity index (χ4n) is 1.43. The van der Waals surface area contributed by atoms with Gasteiger partial charge in [0.15, 0.2) is 0 Å². The molecule has 0 spiro atoms. The zero-order valence-corrected chi connectivity index (χ0v) is 12.7. The summed E-state index contributed by atoms with van der Waals surface area (Å²) in [6, 6.07) is 9.56. The normalized spacial score (nSPS) is 11.5. The van der Waals surface area contributed by atoms with Gasteiger partial charge < -0.3 is 0 Å². The van der Waals surface area contributed by atoms with E-state index < -0.39 is 32.8 Å². The van der Waals surface area contributed by atoms with Gasteiger partial charge in [-0.2, -0.15) is 0 Å². The zero-order valence-electron chi connectivity index (χ0n) is 9.87. The number of halogens is 3. The average Bonchev–Trinajstić information content (AvgIpc) is 2.28. The number of hydrogen-bond acceptors (Lipinski definition) is 2. The zero-order chi connectivity index (χ0) is 13.4. The van der Waals surface area contributed by atoms with Gasteiger partial charge in [0.05, 0.1) is 0 Å². The van der Waals surface area contributed by atoms with E-state index in [0.29, 0.717) is 13.0 Å². The molecule has 0 aliphatic rings. The van der Waals surface area contributed by atoms with Gasteiger partial charge in [0.1, 0.15) is 0 Å². The Kier molecular flexibility index (Phi) is 6.84. The Morgan fingerprint density at radius 2 is 1.83 bits per heavy atom. The molecule has 0 aromatic heterocycles. The number of benzene rings is 1. The van der Waals surface area contributed by atoms with Crippen LogP contribution >= 0.6 is 0 Å². The minimum atomic E-state index is -4.16. The van der Waals surface area contributed by atoms with Gasteiger partial charge in [-0.1, -0.05) is 0 Å². The molecule has 0 saturated carbocycles. The number of alkyl halides is 3. The predicted molar refractivity (Wildman–Crippen MR) is 62.6 cm³/mol. The van der Waals surface area contributed by atoms with Crippen LogP contribution in [0.25, 0.3) is 0 Å². The minimum absolute atomic E-state index is 0.0902. The molecule has 0 bridgehead atoms. The molecule has 0 unspecified atom stereocenters. The summed E-state index contributed by atoms with van der Waals surface area (Å²) in [5.74, 6) is 0. The maximum atomic E-state index is 11.9. The molecule has 0 amide bonds. The van der Waals surface area contributed by atoms with Gasteiger partial charge in [-0.25, -0.2) is 0 Å². The Labute approximate surface area is 112 Å². The van der Waals surface area contributed by atoms with Crippen molar-refractivity contribution in [2.75, 3.05) is 6.61 Å². The Hall–Kier alpha value is -0.431. The monoisotopic (exact) mass is 368 g/mol. The van der Waals surface area contributed by atoms with Crippen molar-refractivity contribution >= 4 is 20.2 Å². The van der Waals surface area contributed by atoms with Gasteiger partial charge in [0, 0.05) is 0 Å². The van der Waals surface area contributed by atoms with Crippen molar-refractivity contribution in [3.05, 3.63) is 35.9 Å².